The lowest BCUT2D eigenvalue weighted by Crippen LogP contribution is -2.30. The number of hydrogen-bond donors (Lipinski definition) is 3. The van der Waals surface area contributed by atoms with Crippen LogP contribution in [0.1, 0.15) is 24.2 Å². The minimum atomic E-state index is -0.988. The Kier molecular flexibility index (Phi) is 4.19. The lowest BCUT2D eigenvalue weighted by molar-refractivity contribution is -0.131. The molecule has 3 N–H and O–H groups in total. The molecule has 1 heterocycles. The Bertz CT molecular complexity index is 586. The molecule has 0 saturated heterocycles. The molecule has 7 heteroatoms. The van der Waals surface area contributed by atoms with Crippen LogP contribution in [0.5, 0.6) is 0 Å². The molecule has 0 atom stereocenters. The van der Waals surface area contributed by atoms with Crippen LogP contribution in [0.25, 0.3) is 0 Å². The Morgan fingerprint density at radius 1 is 1.40 bits per heavy atom. The van der Waals surface area contributed by atoms with E-state index in [1.807, 2.05) is 6.92 Å². The van der Waals surface area contributed by atoms with Crippen LogP contribution in [0.15, 0.2) is 34.9 Å². The highest BCUT2D eigenvalue weighted by Gasteiger charge is 2.27. The van der Waals surface area contributed by atoms with E-state index in [2.05, 4.69) is 10.7 Å². The first-order chi connectivity index (χ1) is 9.54. The largest absolute Gasteiger partial charge is 0.477 e. The van der Waals surface area contributed by atoms with E-state index in [1.165, 1.54) is 0 Å². The van der Waals surface area contributed by atoms with Gasteiger partial charge in [0.25, 0.3) is 5.91 Å². The second-order valence-corrected chi connectivity index (χ2v) is 5.09. The Hall–Kier alpha value is -2.15. The summed E-state index contributed by atoms with van der Waals surface area (Å²) in [5, 5.41) is 11.8. The summed E-state index contributed by atoms with van der Waals surface area (Å²) in [5.41, 5.74) is 4.62. The van der Waals surface area contributed by atoms with E-state index in [1.54, 1.807) is 35.6 Å². The number of carboxylic acids is 1. The number of nitrogens with one attached hydrogen (secondary N) is 2. The van der Waals surface area contributed by atoms with Gasteiger partial charge in [-0.25, -0.2) is 9.21 Å². The van der Waals surface area contributed by atoms with Gasteiger partial charge in [0.15, 0.2) is 0 Å². The number of anilines is 1. The van der Waals surface area contributed by atoms with Crippen molar-refractivity contribution in [3.8, 4) is 0 Å². The molecule has 20 heavy (non-hydrogen) atoms. The van der Waals surface area contributed by atoms with Crippen molar-refractivity contribution < 1.29 is 14.7 Å². The molecule has 1 aliphatic heterocycles. The molecule has 1 amide bonds. The van der Waals surface area contributed by atoms with E-state index in [9.17, 15) is 9.59 Å². The molecule has 0 unspecified atom stereocenters. The van der Waals surface area contributed by atoms with Gasteiger partial charge in [0.2, 0.25) is 0 Å². The van der Waals surface area contributed by atoms with Gasteiger partial charge in [-0.1, -0.05) is 12.1 Å². The molecule has 2 rings (SSSR count). The summed E-state index contributed by atoms with van der Waals surface area (Å²) in [6.45, 7) is 4.06. The molecule has 6 nitrogen and oxygen atoms in total. The highest BCUT2D eigenvalue weighted by molar-refractivity contribution is 8.05. The van der Waals surface area contributed by atoms with Crippen molar-refractivity contribution >= 4 is 29.5 Å². The van der Waals surface area contributed by atoms with Crippen molar-refractivity contribution in [2.24, 2.45) is 0 Å². The number of nitrogens with zero attached hydrogens (tertiary/aromatic N) is 1. The first kappa shape index (κ1) is 14.3. The maximum Gasteiger partial charge on any atom is 0.345 e. The minimum Gasteiger partial charge on any atom is -0.477 e. The second kappa shape index (κ2) is 5.87. The zero-order chi connectivity index (χ0) is 14.7. The van der Waals surface area contributed by atoms with Gasteiger partial charge in [0, 0.05) is 18.5 Å². The zero-order valence-electron chi connectivity index (χ0n) is 11.1. The molecular weight excluding hydrogens is 278 g/mol. The van der Waals surface area contributed by atoms with Gasteiger partial charge < -0.3 is 10.4 Å². The predicted molar refractivity (Wildman–Crippen MR) is 78.0 cm³/mol. The van der Waals surface area contributed by atoms with E-state index < -0.39 is 5.97 Å². The van der Waals surface area contributed by atoms with E-state index in [4.69, 9.17) is 5.11 Å². The zero-order valence-corrected chi connectivity index (χ0v) is 12.0. The SMILES string of the molecule is CCNC(=O)c1ccccc1N1NC(C)=C(C(=O)O)S1. The summed E-state index contributed by atoms with van der Waals surface area (Å²) in [5.74, 6) is -1.18. The summed E-state index contributed by atoms with van der Waals surface area (Å²) in [6.07, 6.45) is 0. The molecule has 0 fully saturated rings. The molecule has 0 aromatic heterocycles. The van der Waals surface area contributed by atoms with Crippen molar-refractivity contribution in [3.63, 3.8) is 0 Å². The van der Waals surface area contributed by atoms with Crippen LogP contribution in [0.2, 0.25) is 0 Å². The van der Waals surface area contributed by atoms with Gasteiger partial charge in [0.1, 0.15) is 4.91 Å². The smallest absolute Gasteiger partial charge is 0.345 e. The third-order valence-corrected chi connectivity index (χ3v) is 3.83. The number of carboxylic acid groups (broad SMARTS) is 1. The van der Waals surface area contributed by atoms with E-state index in [0.29, 0.717) is 23.5 Å². The van der Waals surface area contributed by atoms with Crippen LogP contribution in [0, 0.1) is 0 Å². The normalized spacial score (nSPS) is 14.2. The first-order valence-corrected chi connectivity index (χ1v) is 6.88. The summed E-state index contributed by atoms with van der Waals surface area (Å²) >= 11 is 1.05. The summed E-state index contributed by atoms with van der Waals surface area (Å²) in [6, 6.07) is 7.04. The van der Waals surface area contributed by atoms with Crippen LogP contribution < -0.4 is 15.2 Å². The summed E-state index contributed by atoms with van der Waals surface area (Å²) in [7, 11) is 0. The van der Waals surface area contributed by atoms with Gasteiger partial charge in [-0.3, -0.25) is 10.2 Å². The summed E-state index contributed by atoms with van der Waals surface area (Å²) in [4.78, 5) is 23.3. The third kappa shape index (κ3) is 2.72. The average Bonchev–Trinajstić information content (AvgIpc) is 2.81. The van der Waals surface area contributed by atoms with Gasteiger partial charge in [-0.2, -0.15) is 0 Å². The quantitative estimate of drug-likeness (QED) is 0.733. The van der Waals surface area contributed by atoms with Crippen LogP contribution >= 0.6 is 11.9 Å². The van der Waals surface area contributed by atoms with E-state index in [0.717, 1.165) is 11.9 Å². The van der Waals surface area contributed by atoms with Crippen LogP contribution in [-0.2, 0) is 4.79 Å². The maximum atomic E-state index is 12.0. The molecule has 0 aliphatic carbocycles. The fourth-order valence-corrected chi connectivity index (χ4v) is 2.68. The standard InChI is InChI=1S/C13H15N3O3S/c1-3-14-12(17)9-6-4-5-7-10(9)16-15-8(2)11(20-16)13(18)19/h4-7,15H,3H2,1-2H3,(H,14,17)(H,18,19). The van der Waals surface area contributed by atoms with Crippen molar-refractivity contribution in [3.05, 3.63) is 40.4 Å². The fourth-order valence-electron chi connectivity index (χ4n) is 1.79. The number of carbonyl (C=O) groups is 2. The van der Waals surface area contributed by atoms with Crippen molar-refractivity contribution in [1.82, 2.24) is 10.7 Å². The first-order valence-electron chi connectivity index (χ1n) is 6.10. The molecule has 0 spiro atoms. The molecule has 0 saturated carbocycles. The van der Waals surface area contributed by atoms with Crippen LogP contribution in [-0.4, -0.2) is 23.5 Å². The Morgan fingerprint density at radius 3 is 2.70 bits per heavy atom. The Labute approximate surface area is 120 Å². The van der Waals surface area contributed by atoms with E-state index >= 15 is 0 Å². The van der Waals surface area contributed by atoms with E-state index in [-0.39, 0.29) is 10.8 Å². The van der Waals surface area contributed by atoms with Gasteiger partial charge in [0.05, 0.1) is 16.9 Å². The molecule has 1 aromatic carbocycles. The highest BCUT2D eigenvalue weighted by atomic mass is 32.2. The molecule has 0 bridgehead atoms. The number of hydrogen-bond acceptors (Lipinski definition) is 5. The lowest BCUT2D eigenvalue weighted by Gasteiger charge is -2.20. The Morgan fingerprint density at radius 2 is 2.10 bits per heavy atom. The summed E-state index contributed by atoms with van der Waals surface area (Å²) < 4.78 is 1.59. The maximum absolute atomic E-state index is 12.0. The van der Waals surface area contributed by atoms with Gasteiger partial charge in [-0.05, 0) is 26.0 Å². The molecule has 1 aromatic rings. The average molecular weight is 293 g/mol. The molecule has 0 radical (unpaired) electrons. The van der Waals surface area contributed by atoms with Crippen molar-refractivity contribution in [2.45, 2.75) is 13.8 Å². The predicted octanol–water partition coefficient (Wildman–Crippen LogP) is 1.73. The van der Waals surface area contributed by atoms with Crippen molar-refractivity contribution in [1.29, 1.82) is 0 Å². The number of aliphatic carboxylic acids is 1. The minimum absolute atomic E-state index is 0.188. The fraction of sp³-hybridized carbons (Fsp3) is 0.231. The van der Waals surface area contributed by atoms with Crippen LogP contribution in [0.3, 0.4) is 0 Å². The third-order valence-electron chi connectivity index (χ3n) is 2.69. The van der Waals surface area contributed by atoms with Crippen LogP contribution in [0.4, 0.5) is 5.69 Å². The topological polar surface area (TPSA) is 81.7 Å². The number of carbonyl (C=O) groups excluding carboxylic acids is 1. The Balaban J connectivity index is 2.28. The number of benzene rings is 1. The van der Waals surface area contributed by atoms with Gasteiger partial charge in [-0.15, -0.1) is 0 Å². The molecule has 1 aliphatic rings. The molecular formula is C13H15N3O3S. The van der Waals surface area contributed by atoms with Crippen molar-refractivity contribution in [2.75, 3.05) is 11.0 Å². The highest BCUT2D eigenvalue weighted by Crippen LogP contribution is 2.35. The second-order valence-electron chi connectivity index (χ2n) is 4.13. The number of amides is 1. The number of rotatable bonds is 4. The monoisotopic (exact) mass is 293 g/mol. The number of hydrazine groups is 1. The van der Waals surface area contributed by atoms with Gasteiger partial charge >= 0.3 is 5.97 Å². The number of para-hydroxylation sites is 1. The molecule has 106 valence electrons. The lowest BCUT2D eigenvalue weighted by atomic mass is 10.1. The number of allylic oxidation sites excluding steroid dienone is 1.